The van der Waals surface area contributed by atoms with Crippen molar-refractivity contribution in [1.29, 1.82) is 0 Å². The Balaban J connectivity index is 1.90. The fourth-order valence-electron chi connectivity index (χ4n) is 3.54. The number of benzene rings is 1. The Bertz CT molecular complexity index is 919. The first-order valence-corrected chi connectivity index (χ1v) is 11.0. The Morgan fingerprint density at radius 3 is 2.37 bits per heavy atom. The van der Waals surface area contributed by atoms with Crippen LogP contribution in [0.2, 0.25) is 0 Å². The molecule has 0 unspecified atom stereocenters. The van der Waals surface area contributed by atoms with Crippen molar-refractivity contribution in [1.82, 2.24) is 14.5 Å². The first-order chi connectivity index (χ1) is 14.7. The molecule has 0 bridgehead atoms. The van der Waals surface area contributed by atoms with Crippen molar-refractivity contribution in [3.05, 3.63) is 30.4 Å². The molecule has 0 aliphatic carbocycles. The maximum Gasteiger partial charge on any atom is 0.206 e. The van der Waals surface area contributed by atoms with Gasteiger partial charge in [-0.15, -0.1) is 0 Å². The number of nitrogens with zero attached hydrogens (tertiary/aromatic N) is 2. The third kappa shape index (κ3) is 5.01. The van der Waals surface area contributed by atoms with Crippen LogP contribution in [0.25, 0.3) is 10.8 Å². The van der Waals surface area contributed by atoms with Gasteiger partial charge in [-0.25, -0.2) is 4.98 Å². The smallest absolute Gasteiger partial charge is 0.206 e. The Labute approximate surface area is 177 Å². The number of unbranched alkanes of at least 4 members (excludes halogenated alkanes) is 4. The normalized spacial score (nSPS) is 11.3. The third-order valence-corrected chi connectivity index (χ3v) is 5.26. The van der Waals surface area contributed by atoms with Gasteiger partial charge in [0, 0.05) is 24.9 Å². The fourth-order valence-corrected chi connectivity index (χ4v) is 3.54. The number of aromatic hydroxyl groups is 2. The van der Waals surface area contributed by atoms with E-state index >= 15 is 0 Å². The SMILES string of the molecule is CCCCCOc1ccc2c(O)n(CCc3cnc[nH]3)c(O)c2c1OCCCCC. The average molecular weight is 416 g/mol. The molecule has 7 nitrogen and oxygen atoms in total. The lowest BCUT2D eigenvalue weighted by Crippen LogP contribution is -2.03. The maximum absolute atomic E-state index is 11.0. The lowest BCUT2D eigenvalue weighted by Gasteiger charge is -2.14. The fraction of sp³-hybridized carbons (Fsp3) is 0.522. The highest BCUT2D eigenvalue weighted by molar-refractivity contribution is 5.99. The Morgan fingerprint density at radius 2 is 1.70 bits per heavy atom. The topological polar surface area (TPSA) is 92.5 Å². The number of ether oxygens (including phenoxy) is 2. The quantitative estimate of drug-likeness (QED) is 0.336. The van der Waals surface area contributed by atoms with Gasteiger partial charge in [0.05, 0.1) is 30.3 Å². The molecule has 0 atom stereocenters. The number of hydrogen-bond donors (Lipinski definition) is 3. The van der Waals surface area contributed by atoms with Crippen molar-refractivity contribution in [3.8, 4) is 23.3 Å². The van der Waals surface area contributed by atoms with Crippen LogP contribution in [0.3, 0.4) is 0 Å². The highest BCUT2D eigenvalue weighted by Crippen LogP contribution is 2.46. The summed E-state index contributed by atoms with van der Waals surface area (Å²) >= 11 is 0. The van der Waals surface area contributed by atoms with E-state index in [-0.39, 0.29) is 11.8 Å². The molecule has 0 saturated carbocycles. The minimum atomic E-state index is -0.00786. The molecule has 0 radical (unpaired) electrons. The second kappa shape index (κ2) is 10.8. The Hall–Kier alpha value is -2.83. The van der Waals surface area contributed by atoms with E-state index in [1.807, 2.05) is 6.07 Å². The molecule has 3 rings (SSSR count). The highest BCUT2D eigenvalue weighted by Gasteiger charge is 2.23. The van der Waals surface area contributed by atoms with Crippen LogP contribution in [0.15, 0.2) is 24.7 Å². The van der Waals surface area contributed by atoms with E-state index in [4.69, 9.17) is 9.47 Å². The van der Waals surface area contributed by atoms with Gasteiger partial charge in [0.25, 0.3) is 0 Å². The van der Waals surface area contributed by atoms with E-state index in [2.05, 4.69) is 23.8 Å². The van der Waals surface area contributed by atoms with Gasteiger partial charge in [-0.1, -0.05) is 39.5 Å². The molecule has 3 N–H and O–H groups in total. The lowest BCUT2D eigenvalue weighted by molar-refractivity contribution is 0.261. The molecule has 164 valence electrons. The monoisotopic (exact) mass is 415 g/mol. The van der Waals surface area contributed by atoms with E-state index in [9.17, 15) is 10.2 Å². The van der Waals surface area contributed by atoms with Gasteiger partial charge in [0.15, 0.2) is 11.5 Å². The van der Waals surface area contributed by atoms with Crippen LogP contribution in [-0.4, -0.2) is 38.0 Å². The zero-order chi connectivity index (χ0) is 21.3. The first-order valence-electron chi connectivity index (χ1n) is 11.0. The molecule has 3 aromatic rings. The third-order valence-electron chi connectivity index (χ3n) is 5.26. The number of nitrogens with one attached hydrogen (secondary N) is 1. The van der Waals surface area contributed by atoms with Gasteiger partial charge in [-0.3, -0.25) is 4.57 Å². The standard InChI is InChI=1S/C23H33N3O4/c1-3-5-7-13-29-19-10-9-18-20(21(19)30-14-8-6-4-2)23(28)26(22(18)27)12-11-17-15-24-16-25-17/h9-10,15-16,27-28H,3-8,11-14H2,1-2H3,(H,24,25). The van der Waals surface area contributed by atoms with Gasteiger partial charge in [-0.2, -0.15) is 0 Å². The summed E-state index contributed by atoms with van der Waals surface area (Å²) in [4.78, 5) is 7.05. The van der Waals surface area contributed by atoms with E-state index in [1.165, 1.54) is 4.57 Å². The van der Waals surface area contributed by atoms with E-state index < -0.39 is 0 Å². The molecular weight excluding hydrogens is 382 g/mol. The number of aromatic amines is 1. The van der Waals surface area contributed by atoms with Crippen LogP contribution in [0, 0.1) is 0 Å². The number of aromatic nitrogens is 3. The second-order valence-corrected chi connectivity index (χ2v) is 7.55. The van der Waals surface area contributed by atoms with Crippen molar-refractivity contribution >= 4 is 10.8 Å². The Morgan fingerprint density at radius 1 is 0.967 bits per heavy atom. The number of aryl methyl sites for hydroxylation is 1. The summed E-state index contributed by atoms with van der Waals surface area (Å²) in [5.41, 5.74) is 0.933. The summed E-state index contributed by atoms with van der Waals surface area (Å²) in [6, 6.07) is 3.60. The molecular formula is C23H33N3O4. The van der Waals surface area contributed by atoms with Crippen LogP contribution < -0.4 is 9.47 Å². The van der Waals surface area contributed by atoms with Gasteiger partial charge in [0.1, 0.15) is 0 Å². The predicted molar refractivity (Wildman–Crippen MR) is 118 cm³/mol. The number of rotatable bonds is 13. The molecule has 7 heteroatoms. The van der Waals surface area contributed by atoms with Gasteiger partial charge < -0.3 is 24.7 Å². The molecule has 2 heterocycles. The number of imidazole rings is 1. The molecule has 1 aromatic carbocycles. The molecule has 30 heavy (non-hydrogen) atoms. The molecule has 0 fully saturated rings. The maximum atomic E-state index is 11.0. The van der Waals surface area contributed by atoms with Crippen molar-refractivity contribution in [2.45, 2.75) is 65.3 Å². The van der Waals surface area contributed by atoms with Gasteiger partial charge in [0.2, 0.25) is 11.8 Å². The molecule has 2 aromatic heterocycles. The summed E-state index contributed by atoms with van der Waals surface area (Å²) in [7, 11) is 0. The zero-order valence-electron chi connectivity index (χ0n) is 18.0. The number of hydrogen-bond acceptors (Lipinski definition) is 5. The molecule has 0 aliphatic rings. The van der Waals surface area contributed by atoms with Crippen molar-refractivity contribution in [3.63, 3.8) is 0 Å². The highest BCUT2D eigenvalue weighted by atomic mass is 16.5. The lowest BCUT2D eigenvalue weighted by atomic mass is 10.2. The largest absolute Gasteiger partial charge is 0.494 e. The Kier molecular flexibility index (Phi) is 7.88. The number of fused-ring (bicyclic) bond motifs is 1. The van der Waals surface area contributed by atoms with E-state index in [0.29, 0.717) is 48.5 Å². The second-order valence-electron chi connectivity index (χ2n) is 7.55. The van der Waals surface area contributed by atoms with E-state index in [0.717, 1.165) is 44.2 Å². The predicted octanol–water partition coefficient (Wildman–Crippen LogP) is 5.16. The molecule has 0 saturated heterocycles. The van der Waals surface area contributed by atoms with Crippen molar-refractivity contribution in [2.24, 2.45) is 0 Å². The van der Waals surface area contributed by atoms with E-state index in [1.54, 1.807) is 18.6 Å². The van der Waals surface area contributed by atoms with Crippen molar-refractivity contribution < 1.29 is 19.7 Å². The summed E-state index contributed by atoms with van der Waals surface area (Å²) in [5, 5.41) is 22.8. The van der Waals surface area contributed by atoms with Crippen LogP contribution in [0.5, 0.6) is 23.3 Å². The van der Waals surface area contributed by atoms with Gasteiger partial charge >= 0.3 is 0 Å². The molecule has 0 amide bonds. The average Bonchev–Trinajstić information content (AvgIpc) is 3.35. The van der Waals surface area contributed by atoms with Crippen molar-refractivity contribution in [2.75, 3.05) is 13.2 Å². The zero-order valence-corrected chi connectivity index (χ0v) is 18.0. The van der Waals surface area contributed by atoms with Crippen LogP contribution in [-0.2, 0) is 13.0 Å². The van der Waals surface area contributed by atoms with Gasteiger partial charge in [-0.05, 0) is 25.0 Å². The summed E-state index contributed by atoms with van der Waals surface area (Å²) in [5.74, 6) is 1.13. The molecule has 0 aliphatic heterocycles. The van der Waals surface area contributed by atoms with Crippen LogP contribution >= 0.6 is 0 Å². The minimum absolute atomic E-state index is 0.00786. The first kappa shape index (κ1) is 21.9. The number of H-pyrrole nitrogens is 1. The summed E-state index contributed by atoms with van der Waals surface area (Å²) < 4.78 is 13.6. The minimum Gasteiger partial charge on any atom is -0.494 e. The van der Waals surface area contributed by atoms with Crippen LogP contribution in [0.4, 0.5) is 0 Å². The van der Waals surface area contributed by atoms with Crippen LogP contribution in [0.1, 0.15) is 58.1 Å². The molecule has 0 spiro atoms. The summed E-state index contributed by atoms with van der Waals surface area (Å²) in [6.45, 7) is 5.85. The summed E-state index contributed by atoms with van der Waals surface area (Å²) in [6.07, 6.45) is 10.3.